The van der Waals surface area contributed by atoms with Gasteiger partial charge in [-0.05, 0) is 62.2 Å². The average Bonchev–Trinajstić information content (AvgIpc) is 3.14. The second-order valence-corrected chi connectivity index (χ2v) is 11.8. The van der Waals surface area contributed by atoms with Gasteiger partial charge in [-0.1, -0.05) is 92.2 Å². The third-order valence-corrected chi connectivity index (χ3v) is 5.50. The average molecular weight is 510 g/mol. The Labute approximate surface area is 197 Å². The SMILES string of the molecule is CC(C)CC1=Cc2c(cccc2-c2c3ccccc3cc3ccccc23)[CH]1.[Cl][Zr][Cl]. The second kappa shape index (κ2) is 9.82. The van der Waals surface area contributed by atoms with Gasteiger partial charge in [0.15, 0.2) is 0 Å². The van der Waals surface area contributed by atoms with Gasteiger partial charge in [0.2, 0.25) is 0 Å². The van der Waals surface area contributed by atoms with Crippen LogP contribution in [0.15, 0.2) is 78.4 Å². The Morgan fingerprint density at radius 2 is 1.40 bits per heavy atom. The molecule has 0 nitrogen and oxygen atoms in total. The first kappa shape index (κ1) is 21.8. The van der Waals surface area contributed by atoms with Gasteiger partial charge in [-0.15, -0.1) is 0 Å². The van der Waals surface area contributed by atoms with E-state index in [-0.39, 0.29) is 0 Å². The molecule has 0 heterocycles. The van der Waals surface area contributed by atoms with Crippen molar-refractivity contribution in [2.24, 2.45) is 5.92 Å². The maximum atomic E-state index is 4.93. The molecule has 4 aromatic rings. The van der Waals surface area contributed by atoms with Crippen LogP contribution < -0.4 is 0 Å². The summed E-state index contributed by atoms with van der Waals surface area (Å²) in [5.41, 5.74) is 6.86. The van der Waals surface area contributed by atoms with Crippen LogP contribution in [0.25, 0.3) is 38.7 Å². The van der Waals surface area contributed by atoms with Crippen molar-refractivity contribution in [2.45, 2.75) is 20.3 Å². The van der Waals surface area contributed by atoms with Crippen molar-refractivity contribution in [3.8, 4) is 11.1 Å². The summed E-state index contributed by atoms with van der Waals surface area (Å²) in [5, 5.41) is 5.26. The molecule has 0 aromatic heterocycles. The van der Waals surface area contributed by atoms with Crippen LogP contribution >= 0.6 is 17.0 Å². The van der Waals surface area contributed by atoms with Crippen LogP contribution in [0.5, 0.6) is 0 Å². The molecule has 0 N–H and O–H groups in total. The zero-order valence-electron chi connectivity index (χ0n) is 17.1. The standard InChI is InChI=1S/C27H23.2ClH.Zr/c1-18(2)14-19-15-20-10-7-13-25(26(20)16-19)27-23-11-5-3-8-21(23)17-22-9-4-6-12-24(22)27;;;/h3-13,15-18H,14H2,1-2H3;2*1H;/q;;;+2/p-2. The Morgan fingerprint density at radius 3 is 2.00 bits per heavy atom. The van der Waals surface area contributed by atoms with E-state index in [2.05, 4.69) is 99.1 Å². The van der Waals surface area contributed by atoms with E-state index in [9.17, 15) is 0 Å². The molecule has 0 amide bonds. The Kier molecular flexibility index (Phi) is 7.14. The van der Waals surface area contributed by atoms with Crippen LogP contribution in [0.4, 0.5) is 0 Å². The van der Waals surface area contributed by atoms with Gasteiger partial charge in [-0.2, -0.15) is 0 Å². The number of allylic oxidation sites excluding steroid dienone is 1. The molecular weight excluding hydrogens is 486 g/mol. The van der Waals surface area contributed by atoms with Crippen LogP contribution in [0, 0.1) is 12.3 Å². The van der Waals surface area contributed by atoms with Crippen LogP contribution in [0.1, 0.15) is 31.4 Å². The molecule has 149 valence electrons. The van der Waals surface area contributed by atoms with Crippen molar-refractivity contribution in [1.29, 1.82) is 0 Å². The van der Waals surface area contributed by atoms with E-state index in [1.807, 2.05) is 0 Å². The zero-order chi connectivity index (χ0) is 21.1. The number of rotatable bonds is 3. The van der Waals surface area contributed by atoms with Crippen molar-refractivity contribution in [3.63, 3.8) is 0 Å². The van der Waals surface area contributed by atoms with Gasteiger partial charge in [0.05, 0.1) is 0 Å². The molecule has 0 saturated heterocycles. The molecule has 0 spiro atoms. The summed E-state index contributed by atoms with van der Waals surface area (Å²) < 4.78 is 0. The van der Waals surface area contributed by atoms with Gasteiger partial charge in [0.25, 0.3) is 0 Å². The molecule has 4 aromatic carbocycles. The van der Waals surface area contributed by atoms with Gasteiger partial charge >= 0.3 is 37.9 Å². The monoisotopic (exact) mass is 507 g/mol. The van der Waals surface area contributed by atoms with Crippen LogP contribution in [-0.2, 0) is 20.8 Å². The van der Waals surface area contributed by atoms with Crippen LogP contribution in [0.3, 0.4) is 0 Å². The van der Waals surface area contributed by atoms with E-state index in [0.717, 1.165) is 6.42 Å². The zero-order valence-corrected chi connectivity index (χ0v) is 21.1. The summed E-state index contributed by atoms with van der Waals surface area (Å²) in [5.74, 6) is 0.670. The summed E-state index contributed by atoms with van der Waals surface area (Å²) >= 11 is -0.826. The summed E-state index contributed by atoms with van der Waals surface area (Å²) in [4.78, 5) is 0. The number of halogens is 2. The molecular formula is C27H23Cl2Zr. The topological polar surface area (TPSA) is 0 Å². The molecule has 0 fully saturated rings. The number of hydrogen-bond acceptors (Lipinski definition) is 0. The van der Waals surface area contributed by atoms with E-state index in [1.165, 1.54) is 49.4 Å². The molecule has 1 radical (unpaired) electrons. The molecule has 0 saturated carbocycles. The molecule has 30 heavy (non-hydrogen) atoms. The first-order chi connectivity index (χ1) is 14.6. The van der Waals surface area contributed by atoms with Crippen molar-refractivity contribution in [3.05, 3.63) is 95.9 Å². The number of benzene rings is 4. The minimum atomic E-state index is -0.826. The predicted molar refractivity (Wildman–Crippen MR) is 129 cm³/mol. The molecule has 3 heteroatoms. The third kappa shape index (κ3) is 4.45. The molecule has 0 unspecified atom stereocenters. The van der Waals surface area contributed by atoms with Gasteiger partial charge in [-0.3, -0.25) is 0 Å². The van der Waals surface area contributed by atoms with Crippen molar-refractivity contribution in [1.82, 2.24) is 0 Å². The van der Waals surface area contributed by atoms with Gasteiger partial charge in [0, 0.05) is 6.42 Å². The van der Waals surface area contributed by atoms with Gasteiger partial charge in [0.1, 0.15) is 0 Å². The Hall–Kier alpha value is -1.40. The first-order valence-electron chi connectivity index (χ1n) is 10.2. The second-order valence-electron chi connectivity index (χ2n) is 8.04. The summed E-state index contributed by atoms with van der Waals surface area (Å²) in [6.07, 6.45) is 5.90. The van der Waals surface area contributed by atoms with E-state index in [4.69, 9.17) is 17.0 Å². The van der Waals surface area contributed by atoms with Crippen molar-refractivity contribution >= 4 is 44.6 Å². The Morgan fingerprint density at radius 1 is 0.800 bits per heavy atom. The van der Waals surface area contributed by atoms with Gasteiger partial charge in [-0.25, -0.2) is 0 Å². The fraction of sp³-hybridized carbons (Fsp3) is 0.148. The van der Waals surface area contributed by atoms with E-state index in [0.29, 0.717) is 5.92 Å². The molecule has 1 aliphatic carbocycles. The fourth-order valence-corrected chi connectivity index (χ4v) is 4.41. The molecule has 0 aliphatic heterocycles. The van der Waals surface area contributed by atoms with Crippen molar-refractivity contribution < 1.29 is 20.8 Å². The summed E-state index contributed by atoms with van der Waals surface area (Å²) in [6.45, 7) is 4.58. The minimum absolute atomic E-state index is 0.670. The van der Waals surface area contributed by atoms with Crippen LogP contribution in [0.2, 0.25) is 0 Å². The van der Waals surface area contributed by atoms with E-state index >= 15 is 0 Å². The predicted octanol–water partition coefficient (Wildman–Crippen LogP) is 9.03. The number of hydrogen-bond donors (Lipinski definition) is 0. The van der Waals surface area contributed by atoms with Crippen molar-refractivity contribution in [2.75, 3.05) is 0 Å². The molecule has 1 aliphatic rings. The summed E-state index contributed by atoms with van der Waals surface area (Å²) in [7, 11) is 9.87. The normalized spacial score (nSPS) is 12.5. The molecule has 0 bridgehead atoms. The Bertz CT molecular complexity index is 1170. The van der Waals surface area contributed by atoms with Gasteiger partial charge < -0.3 is 0 Å². The first-order valence-corrected chi connectivity index (χ1v) is 16.5. The molecule has 5 rings (SSSR count). The third-order valence-electron chi connectivity index (χ3n) is 5.50. The Balaban J connectivity index is 0.000000687. The fourth-order valence-electron chi connectivity index (χ4n) is 4.41. The molecule has 0 atom stereocenters. The number of fused-ring (bicyclic) bond motifs is 3. The van der Waals surface area contributed by atoms with Crippen LogP contribution in [-0.4, -0.2) is 0 Å². The quantitative estimate of drug-likeness (QED) is 0.242. The maximum absolute atomic E-state index is 4.93. The van der Waals surface area contributed by atoms with E-state index < -0.39 is 20.8 Å². The van der Waals surface area contributed by atoms with E-state index in [1.54, 1.807) is 0 Å². The summed E-state index contributed by atoms with van der Waals surface area (Å²) in [6, 6.07) is 26.6.